The number of carbonyl (C=O) groups is 1. The molecule has 4 nitrogen and oxygen atoms in total. The standard InChI is InChI=1S/C18H22N2O2S/c1-18(2,3)22-17(21)20-15(16(19)23)11-12-8-9-13-6-4-5-7-14(13)10-12/h4-10,15H,11H2,1-3H3,(H2,19,23)(H,20,21)/t15-/m1/s1. The molecule has 0 saturated carbocycles. The van der Waals surface area contributed by atoms with Crippen molar-refractivity contribution in [2.75, 3.05) is 0 Å². The topological polar surface area (TPSA) is 64.3 Å². The number of rotatable bonds is 4. The molecule has 2 aromatic carbocycles. The van der Waals surface area contributed by atoms with Crippen LogP contribution in [0.3, 0.4) is 0 Å². The zero-order chi connectivity index (χ0) is 17.0. The Morgan fingerprint density at radius 3 is 2.48 bits per heavy atom. The molecule has 0 fully saturated rings. The lowest BCUT2D eigenvalue weighted by Gasteiger charge is -2.23. The third-order valence-corrected chi connectivity index (χ3v) is 3.57. The van der Waals surface area contributed by atoms with Crippen molar-refractivity contribution in [1.29, 1.82) is 0 Å². The number of hydrogen-bond acceptors (Lipinski definition) is 3. The molecule has 0 saturated heterocycles. The molecule has 0 aliphatic heterocycles. The molecule has 1 atom stereocenters. The van der Waals surface area contributed by atoms with Gasteiger partial charge in [-0.3, -0.25) is 0 Å². The number of nitrogens with two attached hydrogens (primary N) is 1. The van der Waals surface area contributed by atoms with Gasteiger partial charge in [-0.15, -0.1) is 0 Å². The Morgan fingerprint density at radius 1 is 1.22 bits per heavy atom. The smallest absolute Gasteiger partial charge is 0.408 e. The Labute approximate surface area is 142 Å². The lowest BCUT2D eigenvalue weighted by molar-refractivity contribution is 0.0518. The summed E-state index contributed by atoms with van der Waals surface area (Å²) in [5.74, 6) is 0. The summed E-state index contributed by atoms with van der Waals surface area (Å²) in [4.78, 5) is 12.2. The Hall–Kier alpha value is -2.14. The Kier molecular flexibility index (Phi) is 5.21. The number of carbonyl (C=O) groups excluding carboxylic acids is 1. The van der Waals surface area contributed by atoms with Crippen molar-refractivity contribution in [2.24, 2.45) is 5.73 Å². The molecule has 0 aliphatic carbocycles. The highest BCUT2D eigenvalue weighted by Crippen LogP contribution is 2.17. The van der Waals surface area contributed by atoms with Gasteiger partial charge in [-0.25, -0.2) is 4.79 Å². The normalized spacial score (nSPS) is 12.7. The van der Waals surface area contributed by atoms with Gasteiger partial charge in [0.2, 0.25) is 0 Å². The van der Waals surface area contributed by atoms with Crippen LogP contribution in [-0.2, 0) is 11.2 Å². The number of hydrogen-bond donors (Lipinski definition) is 2. The second-order valence-corrected chi connectivity index (χ2v) is 6.96. The molecular formula is C18H22N2O2S. The first-order chi connectivity index (χ1) is 10.7. The molecule has 23 heavy (non-hydrogen) atoms. The maximum absolute atomic E-state index is 11.9. The summed E-state index contributed by atoms with van der Waals surface area (Å²) < 4.78 is 5.26. The second-order valence-electron chi connectivity index (χ2n) is 6.49. The minimum absolute atomic E-state index is 0.240. The quantitative estimate of drug-likeness (QED) is 0.841. The molecule has 0 radical (unpaired) electrons. The van der Waals surface area contributed by atoms with Crippen molar-refractivity contribution in [3.8, 4) is 0 Å². The van der Waals surface area contributed by atoms with E-state index in [9.17, 15) is 4.79 Å². The number of alkyl carbamates (subject to hydrolysis) is 1. The SMILES string of the molecule is CC(C)(C)OC(=O)N[C@H](Cc1ccc2ccccc2c1)C(N)=S. The molecule has 5 heteroatoms. The minimum Gasteiger partial charge on any atom is -0.444 e. The van der Waals surface area contributed by atoms with Gasteiger partial charge >= 0.3 is 6.09 Å². The van der Waals surface area contributed by atoms with Crippen LogP contribution in [0.15, 0.2) is 42.5 Å². The third kappa shape index (κ3) is 5.21. The van der Waals surface area contributed by atoms with E-state index in [2.05, 4.69) is 29.6 Å². The average molecular weight is 330 g/mol. The summed E-state index contributed by atoms with van der Waals surface area (Å²) in [5, 5.41) is 5.05. The molecular weight excluding hydrogens is 308 g/mol. The fraction of sp³-hybridized carbons (Fsp3) is 0.333. The van der Waals surface area contributed by atoms with Gasteiger partial charge in [-0.2, -0.15) is 0 Å². The van der Waals surface area contributed by atoms with E-state index in [-0.39, 0.29) is 4.99 Å². The van der Waals surface area contributed by atoms with E-state index in [0.717, 1.165) is 10.9 Å². The maximum atomic E-state index is 11.9. The number of ether oxygens (including phenoxy) is 1. The monoisotopic (exact) mass is 330 g/mol. The zero-order valence-electron chi connectivity index (χ0n) is 13.6. The van der Waals surface area contributed by atoms with E-state index in [1.54, 1.807) is 0 Å². The van der Waals surface area contributed by atoms with Crippen LogP contribution >= 0.6 is 12.2 Å². The van der Waals surface area contributed by atoms with Crippen LogP contribution in [0.1, 0.15) is 26.3 Å². The summed E-state index contributed by atoms with van der Waals surface area (Å²) in [7, 11) is 0. The second kappa shape index (κ2) is 6.96. The summed E-state index contributed by atoms with van der Waals surface area (Å²) in [5.41, 5.74) is 6.26. The molecule has 2 rings (SSSR count). The first-order valence-corrected chi connectivity index (χ1v) is 7.92. The highest BCUT2D eigenvalue weighted by molar-refractivity contribution is 7.80. The Morgan fingerprint density at radius 2 is 1.87 bits per heavy atom. The van der Waals surface area contributed by atoms with E-state index in [4.69, 9.17) is 22.7 Å². The van der Waals surface area contributed by atoms with Crippen molar-refractivity contribution >= 4 is 34.1 Å². The lowest BCUT2D eigenvalue weighted by atomic mass is 10.0. The highest BCUT2D eigenvalue weighted by Gasteiger charge is 2.21. The zero-order valence-corrected chi connectivity index (χ0v) is 14.4. The van der Waals surface area contributed by atoms with Gasteiger partial charge in [-0.05, 0) is 43.5 Å². The summed E-state index contributed by atoms with van der Waals surface area (Å²) in [6.07, 6.45) is 0.00968. The van der Waals surface area contributed by atoms with Crippen LogP contribution < -0.4 is 11.1 Å². The van der Waals surface area contributed by atoms with Crippen molar-refractivity contribution in [3.05, 3.63) is 48.0 Å². The predicted octanol–water partition coefficient (Wildman–Crippen LogP) is 3.56. The molecule has 0 spiro atoms. The van der Waals surface area contributed by atoms with E-state index in [1.165, 1.54) is 5.39 Å². The molecule has 0 aliphatic rings. The van der Waals surface area contributed by atoms with Gasteiger partial charge in [0, 0.05) is 0 Å². The Bertz CT molecular complexity index is 722. The molecule has 0 bridgehead atoms. The summed E-state index contributed by atoms with van der Waals surface area (Å²) in [6.45, 7) is 5.43. The number of fused-ring (bicyclic) bond motifs is 1. The predicted molar refractivity (Wildman–Crippen MR) is 97.6 cm³/mol. The lowest BCUT2D eigenvalue weighted by Crippen LogP contribution is -2.46. The van der Waals surface area contributed by atoms with E-state index >= 15 is 0 Å². The minimum atomic E-state index is -0.562. The van der Waals surface area contributed by atoms with E-state index < -0.39 is 17.7 Å². The molecule has 0 heterocycles. The highest BCUT2D eigenvalue weighted by atomic mass is 32.1. The van der Waals surface area contributed by atoms with Gasteiger partial charge in [0.1, 0.15) is 5.60 Å². The Balaban J connectivity index is 2.11. The van der Waals surface area contributed by atoms with Crippen LogP contribution in [0.25, 0.3) is 10.8 Å². The molecule has 0 aromatic heterocycles. The molecule has 3 N–H and O–H groups in total. The summed E-state index contributed by atoms with van der Waals surface area (Å²) >= 11 is 5.08. The molecule has 2 aromatic rings. The van der Waals surface area contributed by atoms with Gasteiger partial charge in [0.25, 0.3) is 0 Å². The van der Waals surface area contributed by atoms with Gasteiger partial charge < -0.3 is 15.8 Å². The number of nitrogens with one attached hydrogen (secondary N) is 1. The van der Waals surface area contributed by atoms with Crippen molar-refractivity contribution < 1.29 is 9.53 Å². The van der Waals surface area contributed by atoms with Crippen LogP contribution in [0, 0.1) is 0 Å². The van der Waals surface area contributed by atoms with Crippen LogP contribution in [0.4, 0.5) is 4.79 Å². The molecule has 122 valence electrons. The fourth-order valence-corrected chi connectivity index (χ4v) is 2.42. The largest absolute Gasteiger partial charge is 0.444 e. The van der Waals surface area contributed by atoms with Crippen molar-refractivity contribution in [2.45, 2.75) is 38.8 Å². The molecule has 1 amide bonds. The fourth-order valence-electron chi connectivity index (χ4n) is 2.27. The van der Waals surface area contributed by atoms with Crippen molar-refractivity contribution in [3.63, 3.8) is 0 Å². The van der Waals surface area contributed by atoms with Crippen LogP contribution in [0.2, 0.25) is 0 Å². The van der Waals surface area contributed by atoms with Gasteiger partial charge in [-0.1, -0.05) is 54.7 Å². The van der Waals surface area contributed by atoms with Gasteiger partial charge in [0.05, 0.1) is 11.0 Å². The van der Waals surface area contributed by atoms with Gasteiger partial charge in [0.15, 0.2) is 0 Å². The van der Waals surface area contributed by atoms with Crippen LogP contribution in [0.5, 0.6) is 0 Å². The average Bonchev–Trinajstić information content (AvgIpc) is 2.44. The first-order valence-electron chi connectivity index (χ1n) is 7.51. The third-order valence-electron chi connectivity index (χ3n) is 3.29. The number of benzene rings is 2. The first kappa shape index (κ1) is 17.2. The van der Waals surface area contributed by atoms with Crippen molar-refractivity contribution in [1.82, 2.24) is 5.32 Å². The number of amides is 1. The van der Waals surface area contributed by atoms with E-state index in [0.29, 0.717) is 6.42 Å². The maximum Gasteiger partial charge on any atom is 0.408 e. The molecule has 0 unspecified atom stereocenters. The van der Waals surface area contributed by atoms with E-state index in [1.807, 2.05) is 39.0 Å². The van der Waals surface area contributed by atoms with Crippen LogP contribution in [-0.4, -0.2) is 22.7 Å². The number of thiocarbonyl (C=S) groups is 1. The summed E-state index contributed by atoms with van der Waals surface area (Å²) in [6, 6.07) is 13.8.